The number of hydrogen-bond donors (Lipinski definition) is 1. The molecule has 2 N–H and O–H groups in total. The van der Waals surface area contributed by atoms with Gasteiger partial charge >= 0.3 is 0 Å². The highest BCUT2D eigenvalue weighted by Gasteiger charge is 2.03. The van der Waals surface area contributed by atoms with Crippen molar-refractivity contribution in [1.82, 2.24) is 0 Å². The molecule has 1 nitrogen and oxygen atoms in total. The van der Waals surface area contributed by atoms with Crippen LogP contribution in [0.3, 0.4) is 0 Å². The van der Waals surface area contributed by atoms with Gasteiger partial charge in [-0.25, -0.2) is 0 Å². The molecule has 0 heterocycles. The third kappa shape index (κ3) is 3.35. The average molecular weight is 209 g/mol. The minimum Gasteiger partial charge on any atom is -0.330 e. The second-order valence-corrected chi connectivity index (χ2v) is 5.26. The van der Waals surface area contributed by atoms with Gasteiger partial charge in [0.2, 0.25) is 0 Å². The molecule has 0 fully saturated rings. The molecule has 1 aromatic rings. The van der Waals surface area contributed by atoms with Crippen LogP contribution < -0.4 is 5.73 Å². The lowest BCUT2D eigenvalue weighted by Gasteiger charge is -2.10. The lowest BCUT2D eigenvalue weighted by atomic mass is 10.1. The topological polar surface area (TPSA) is 26.0 Å². The van der Waals surface area contributed by atoms with E-state index in [-0.39, 0.29) is 0 Å². The standard InChI is InChI=1S/C12H19NS/c1-9-4-5-12(8-10(9)2)14-11(3)6-7-13/h4-5,8,11H,6-7,13H2,1-3H3. The fourth-order valence-corrected chi connectivity index (χ4v) is 2.42. The molecule has 0 saturated carbocycles. The van der Waals surface area contributed by atoms with Gasteiger partial charge in [0.15, 0.2) is 0 Å². The van der Waals surface area contributed by atoms with E-state index in [0.29, 0.717) is 5.25 Å². The fourth-order valence-electron chi connectivity index (χ4n) is 1.31. The van der Waals surface area contributed by atoms with Crippen LogP contribution in [0, 0.1) is 13.8 Å². The van der Waals surface area contributed by atoms with E-state index in [1.807, 2.05) is 11.8 Å². The van der Waals surface area contributed by atoms with Gasteiger partial charge in [-0.1, -0.05) is 13.0 Å². The van der Waals surface area contributed by atoms with Crippen LogP contribution in [0.1, 0.15) is 24.5 Å². The van der Waals surface area contributed by atoms with E-state index in [9.17, 15) is 0 Å². The van der Waals surface area contributed by atoms with Crippen molar-refractivity contribution in [2.45, 2.75) is 37.3 Å². The van der Waals surface area contributed by atoms with Crippen molar-refractivity contribution >= 4 is 11.8 Å². The van der Waals surface area contributed by atoms with E-state index >= 15 is 0 Å². The Labute approximate surface area is 91.1 Å². The van der Waals surface area contributed by atoms with Gasteiger partial charge in [0.05, 0.1) is 0 Å². The zero-order valence-corrected chi connectivity index (χ0v) is 10.0. The Kier molecular flexibility index (Phi) is 4.49. The highest BCUT2D eigenvalue weighted by atomic mass is 32.2. The predicted molar refractivity (Wildman–Crippen MR) is 64.9 cm³/mol. The quantitative estimate of drug-likeness (QED) is 0.771. The monoisotopic (exact) mass is 209 g/mol. The zero-order chi connectivity index (χ0) is 10.6. The van der Waals surface area contributed by atoms with Gasteiger partial charge in [0.1, 0.15) is 0 Å². The summed E-state index contributed by atoms with van der Waals surface area (Å²) in [6.45, 7) is 7.31. The number of thioether (sulfide) groups is 1. The Morgan fingerprint density at radius 1 is 1.29 bits per heavy atom. The van der Waals surface area contributed by atoms with Crippen molar-refractivity contribution in [3.05, 3.63) is 29.3 Å². The minimum absolute atomic E-state index is 0.613. The van der Waals surface area contributed by atoms with Crippen LogP contribution in [0.25, 0.3) is 0 Å². The smallest absolute Gasteiger partial charge is 0.00780 e. The molecule has 0 aliphatic carbocycles. The molecule has 14 heavy (non-hydrogen) atoms. The van der Waals surface area contributed by atoms with Crippen molar-refractivity contribution < 1.29 is 0 Å². The lowest BCUT2D eigenvalue weighted by Crippen LogP contribution is -2.06. The first kappa shape index (κ1) is 11.6. The van der Waals surface area contributed by atoms with Crippen LogP contribution >= 0.6 is 11.8 Å². The van der Waals surface area contributed by atoms with Gasteiger partial charge in [0.25, 0.3) is 0 Å². The summed E-state index contributed by atoms with van der Waals surface area (Å²) in [4.78, 5) is 1.36. The van der Waals surface area contributed by atoms with Crippen LogP contribution in [0.2, 0.25) is 0 Å². The summed E-state index contributed by atoms with van der Waals surface area (Å²) >= 11 is 1.91. The fraction of sp³-hybridized carbons (Fsp3) is 0.500. The SMILES string of the molecule is Cc1ccc(SC(C)CCN)cc1C. The second-order valence-electron chi connectivity index (χ2n) is 3.75. The van der Waals surface area contributed by atoms with Crippen LogP contribution in [-0.4, -0.2) is 11.8 Å². The van der Waals surface area contributed by atoms with E-state index in [0.717, 1.165) is 13.0 Å². The van der Waals surface area contributed by atoms with Crippen molar-refractivity contribution in [1.29, 1.82) is 0 Å². The maximum absolute atomic E-state index is 5.52. The van der Waals surface area contributed by atoms with Crippen LogP contribution in [0.4, 0.5) is 0 Å². The summed E-state index contributed by atoms with van der Waals surface area (Å²) in [7, 11) is 0. The largest absolute Gasteiger partial charge is 0.330 e. The van der Waals surface area contributed by atoms with E-state index in [1.165, 1.54) is 16.0 Å². The molecule has 2 heteroatoms. The molecule has 0 aliphatic rings. The number of aryl methyl sites for hydroxylation is 2. The summed E-state index contributed by atoms with van der Waals surface area (Å²) in [5, 5.41) is 0.613. The first-order chi connectivity index (χ1) is 6.63. The lowest BCUT2D eigenvalue weighted by molar-refractivity contribution is 0.823. The number of hydrogen-bond acceptors (Lipinski definition) is 2. The van der Waals surface area contributed by atoms with Gasteiger partial charge < -0.3 is 5.73 Å². The molecule has 1 atom stereocenters. The van der Waals surface area contributed by atoms with Crippen molar-refractivity contribution in [3.8, 4) is 0 Å². The average Bonchev–Trinajstić information content (AvgIpc) is 2.12. The molecule has 1 unspecified atom stereocenters. The third-order valence-electron chi connectivity index (χ3n) is 2.39. The minimum atomic E-state index is 0.613. The molecular formula is C12H19NS. The molecule has 0 saturated heterocycles. The molecule has 0 bridgehead atoms. The van der Waals surface area contributed by atoms with Gasteiger partial charge in [-0.15, -0.1) is 11.8 Å². The maximum Gasteiger partial charge on any atom is 0.00780 e. The third-order valence-corrected chi connectivity index (χ3v) is 3.55. The van der Waals surface area contributed by atoms with Gasteiger partial charge in [0, 0.05) is 10.1 Å². The van der Waals surface area contributed by atoms with Crippen LogP contribution in [-0.2, 0) is 0 Å². The molecule has 0 radical (unpaired) electrons. The Balaban J connectivity index is 2.63. The van der Waals surface area contributed by atoms with E-state index < -0.39 is 0 Å². The summed E-state index contributed by atoms with van der Waals surface area (Å²) in [5.41, 5.74) is 8.26. The Morgan fingerprint density at radius 2 is 2.00 bits per heavy atom. The molecule has 0 spiro atoms. The van der Waals surface area contributed by atoms with E-state index in [2.05, 4.69) is 39.0 Å². The highest BCUT2D eigenvalue weighted by molar-refractivity contribution is 7.99. The summed E-state index contributed by atoms with van der Waals surface area (Å²) in [6, 6.07) is 6.64. The number of nitrogens with two attached hydrogens (primary N) is 1. The Morgan fingerprint density at radius 3 is 2.57 bits per heavy atom. The van der Waals surface area contributed by atoms with Crippen molar-refractivity contribution in [3.63, 3.8) is 0 Å². The molecule has 0 aromatic heterocycles. The predicted octanol–water partition coefficient (Wildman–Crippen LogP) is 3.13. The molecule has 1 aromatic carbocycles. The molecule has 78 valence electrons. The van der Waals surface area contributed by atoms with E-state index in [1.54, 1.807) is 0 Å². The van der Waals surface area contributed by atoms with Crippen molar-refractivity contribution in [2.24, 2.45) is 5.73 Å². The van der Waals surface area contributed by atoms with E-state index in [4.69, 9.17) is 5.73 Å². The molecule has 0 amide bonds. The molecule has 1 rings (SSSR count). The van der Waals surface area contributed by atoms with Crippen molar-refractivity contribution in [2.75, 3.05) is 6.54 Å². The van der Waals surface area contributed by atoms with Gasteiger partial charge in [-0.3, -0.25) is 0 Å². The van der Waals surface area contributed by atoms with Gasteiger partial charge in [-0.2, -0.15) is 0 Å². The van der Waals surface area contributed by atoms with Crippen LogP contribution in [0.5, 0.6) is 0 Å². The molecule has 0 aliphatic heterocycles. The normalized spacial score (nSPS) is 12.9. The summed E-state index contributed by atoms with van der Waals surface area (Å²) < 4.78 is 0. The summed E-state index contributed by atoms with van der Waals surface area (Å²) in [6.07, 6.45) is 1.08. The number of rotatable bonds is 4. The summed E-state index contributed by atoms with van der Waals surface area (Å²) in [5.74, 6) is 0. The zero-order valence-electron chi connectivity index (χ0n) is 9.21. The van der Waals surface area contributed by atoms with Crippen LogP contribution in [0.15, 0.2) is 23.1 Å². The van der Waals surface area contributed by atoms with Gasteiger partial charge in [-0.05, 0) is 50.1 Å². The maximum atomic E-state index is 5.52. The first-order valence-electron chi connectivity index (χ1n) is 5.07. The molecular weight excluding hydrogens is 190 g/mol. The first-order valence-corrected chi connectivity index (χ1v) is 5.95. The highest BCUT2D eigenvalue weighted by Crippen LogP contribution is 2.26. The number of benzene rings is 1. The Hall–Kier alpha value is -0.470. The second kappa shape index (κ2) is 5.42. The Bertz CT molecular complexity index is 296.